The Balaban J connectivity index is 1.68. The van der Waals surface area contributed by atoms with Gasteiger partial charge in [0.25, 0.3) is 0 Å². The molecule has 1 unspecified atom stereocenters. The second kappa shape index (κ2) is 4.78. The second-order valence-corrected chi connectivity index (χ2v) is 4.50. The van der Waals surface area contributed by atoms with Gasteiger partial charge in [-0.15, -0.1) is 0 Å². The van der Waals surface area contributed by atoms with Crippen molar-refractivity contribution in [2.75, 3.05) is 0 Å². The number of hydrogen-bond donors (Lipinski definition) is 0. The Morgan fingerprint density at radius 1 is 0.769 bits per heavy atom. The summed E-state index contributed by atoms with van der Waals surface area (Å²) >= 11 is 0. The minimum Gasteiger partial charge on any atom is -0.283 e. The molecule has 1 aliphatic carbocycles. The number of fused-ring (bicyclic) bond motifs is 1. The lowest BCUT2D eigenvalue weighted by molar-refractivity contribution is 0.556. The monoisotopic (exact) mass is 179 g/mol. The van der Waals surface area contributed by atoms with Crippen LogP contribution in [0.25, 0.3) is 0 Å². The van der Waals surface area contributed by atoms with Crippen molar-refractivity contribution in [3.05, 3.63) is 0 Å². The molecule has 1 fully saturated rings. The summed E-state index contributed by atoms with van der Waals surface area (Å²) in [6.07, 6.45) is 14.2. The summed E-state index contributed by atoms with van der Waals surface area (Å²) < 4.78 is 0. The summed E-state index contributed by atoms with van der Waals surface area (Å²) in [5.41, 5.74) is 1.54. The smallest absolute Gasteiger partial charge is 0.0876 e. The highest BCUT2D eigenvalue weighted by molar-refractivity contribution is 6.00. The Bertz CT molecular complexity index is 184. The molecule has 2 rings (SSSR count). The van der Waals surface area contributed by atoms with Crippen LogP contribution in [0, 0.1) is 0 Å². The minimum atomic E-state index is 0.708. The predicted octanol–water partition coefficient (Wildman–Crippen LogP) is 3.72. The van der Waals surface area contributed by atoms with Crippen molar-refractivity contribution in [2.24, 2.45) is 4.99 Å². The molecule has 0 N–H and O–H groups in total. The maximum atomic E-state index is 4.54. The first kappa shape index (κ1) is 9.23. The third-order valence-corrected chi connectivity index (χ3v) is 3.30. The average molecular weight is 179 g/mol. The van der Waals surface area contributed by atoms with Crippen LogP contribution in [0.3, 0.4) is 0 Å². The fourth-order valence-corrected chi connectivity index (χ4v) is 2.33. The lowest BCUT2D eigenvalue weighted by atomic mass is 10.0. The van der Waals surface area contributed by atoms with Gasteiger partial charge in [0.2, 0.25) is 0 Å². The van der Waals surface area contributed by atoms with Gasteiger partial charge < -0.3 is 0 Å². The third-order valence-electron chi connectivity index (χ3n) is 3.30. The van der Waals surface area contributed by atoms with E-state index in [2.05, 4.69) is 4.99 Å². The van der Waals surface area contributed by atoms with Crippen LogP contribution in [-0.2, 0) is 0 Å². The fraction of sp³-hybridized carbons (Fsp3) is 0.917. The van der Waals surface area contributed by atoms with E-state index in [0.29, 0.717) is 6.04 Å². The molecular formula is C12H21N. The highest BCUT2D eigenvalue weighted by Crippen LogP contribution is 2.24. The van der Waals surface area contributed by atoms with E-state index in [1.807, 2.05) is 0 Å². The van der Waals surface area contributed by atoms with E-state index in [0.717, 1.165) is 0 Å². The molecule has 0 aromatic heterocycles. The van der Waals surface area contributed by atoms with Crippen LogP contribution in [0.2, 0.25) is 0 Å². The van der Waals surface area contributed by atoms with Gasteiger partial charge in [0.05, 0.1) is 6.04 Å². The Morgan fingerprint density at radius 2 is 1.38 bits per heavy atom. The van der Waals surface area contributed by atoms with Crippen LogP contribution in [0.5, 0.6) is 0 Å². The first-order valence-electron chi connectivity index (χ1n) is 6.03. The van der Waals surface area contributed by atoms with Crippen molar-refractivity contribution in [3.8, 4) is 0 Å². The number of rotatable bonds is 0. The standard InChI is InChI=1S/C12H21N/c1-2-4-6-8-10-12-11(13-12)9-7-5-3-1/h11H,1-10H2. The van der Waals surface area contributed by atoms with E-state index < -0.39 is 0 Å². The maximum Gasteiger partial charge on any atom is 0.0876 e. The number of aliphatic imine (C=N–C) groups is 1. The fourth-order valence-electron chi connectivity index (χ4n) is 2.33. The highest BCUT2D eigenvalue weighted by atomic mass is 15.0. The van der Waals surface area contributed by atoms with Gasteiger partial charge in [-0.1, -0.05) is 44.9 Å². The Hall–Kier alpha value is -0.330. The first-order valence-corrected chi connectivity index (χ1v) is 6.03. The van der Waals surface area contributed by atoms with Gasteiger partial charge >= 0.3 is 0 Å². The average Bonchev–Trinajstić information content (AvgIpc) is 2.83. The Morgan fingerprint density at radius 3 is 2.15 bits per heavy atom. The largest absolute Gasteiger partial charge is 0.283 e. The quantitative estimate of drug-likeness (QED) is 0.537. The summed E-state index contributed by atoms with van der Waals surface area (Å²) in [7, 11) is 0. The molecule has 1 nitrogen and oxygen atoms in total. The number of hydrogen-bond acceptors (Lipinski definition) is 1. The van der Waals surface area contributed by atoms with Crippen molar-refractivity contribution in [1.29, 1.82) is 0 Å². The van der Waals surface area contributed by atoms with E-state index in [-0.39, 0.29) is 0 Å². The van der Waals surface area contributed by atoms with Gasteiger partial charge in [0, 0.05) is 5.71 Å². The highest BCUT2D eigenvalue weighted by Gasteiger charge is 2.25. The van der Waals surface area contributed by atoms with Crippen molar-refractivity contribution in [2.45, 2.75) is 70.3 Å². The van der Waals surface area contributed by atoms with Crippen LogP contribution in [0.4, 0.5) is 0 Å². The molecule has 74 valence electrons. The van der Waals surface area contributed by atoms with Crippen LogP contribution >= 0.6 is 0 Å². The van der Waals surface area contributed by atoms with Crippen molar-refractivity contribution >= 4 is 5.71 Å². The molecule has 0 aromatic rings. The normalized spacial score (nSPS) is 30.8. The van der Waals surface area contributed by atoms with Gasteiger partial charge in [-0.25, -0.2) is 0 Å². The third kappa shape index (κ3) is 3.13. The molecular weight excluding hydrogens is 158 g/mol. The summed E-state index contributed by atoms with van der Waals surface area (Å²) in [6, 6.07) is 0.708. The van der Waals surface area contributed by atoms with Gasteiger partial charge in [-0.2, -0.15) is 0 Å². The molecule has 2 aliphatic rings. The first-order chi connectivity index (χ1) is 6.47. The second-order valence-electron chi connectivity index (χ2n) is 4.50. The summed E-state index contributed by atoms with van der Waals surface area (Å²) in [6.45, 7) is 0. The van der Waals surface area contributed by atoms with E-state index >= 15 is 0 Å². The lowest BCUT2D eigenvalue weighted by Gasteiger charge is -2.03. The van der Waals surface area contributed by atoms with Crippen LogP contribution in [0.15, 0.2) is 4.99 Å². The van der Waals surface area contributed by atoms with E-state index in [1.54, 1.807) is 5.71 Å². The summed E-state index contributed by atoms with van der Waals surface area (Å²) in [4.78, 5) is 4.54. The molecule has 0 radical (unpaired) electrons. The zero-order chi connectivity index (χ0) is 8.93. The number of nitrogens with zero attached hydrogens (tertiary/aromatic N) is 1. The van der Waals surface area contributed by atoms with Crippen LogP contribution < -0.4 is 0 Å². The molecule has 1 saturated carbocycles. The molecule has 1 aliphatic heterocycles. The van der Waals surface area contributed by atoms with Crippen molar-refractivity contribution < 1.29 is 0 Å². The van der Waals surface area contributed by atoms with Crippen molar-refractivity contribution in [1.82, 2.24) is 0 Å². The predicted molar refractivity (Wildman–Crippen MR) is 57.4 cm³/mol. The maximum absolute atomic E-state index is 4.54. The minimum absolute atomic E-state index is 0.708. The van der Waals surface area contributed by atoms with Gasteiger partial charge in [-0.05, 0) is 19.3 Å². The molecule has 1 atom stereocenters. The van der Waals surface area contributed by atoms with Crippen molar-refractivity contribution in [3.63, 3.8) is 0 Å². The molecule has 0 aromatic carbocycles. The van der Waals surface area contributed by atoms with E-state index in [4.69, 9.17) is 0 Å². The Labute approximate surface area is 81.6 Å². The van der Waals surface area contributed by atoms with Crippen LogP contribution in [0.1, 0.15) is 64.2 Å². The molecule has 0 amide bonds. The van der Waals surface area contributed by atoms with E-state index in [1.165, 1.54) is 64.2 Å². The van der Waals surface area contributed by atoms with Gasteiger partial charge in [0.1, 0.15) is 0 Å². The lowest BCUT2D eigenvalue weighted by Crippen LogP contribution is -1.98. The molecule has 1 heterocycles. The molecule has 0 saturated heterocycles. The zero-order valence-corrected chi connectivity index (χ0v) is 8.60. The zero-order valence-electron chi connectivity index (χ0n) is 8.60. The molecule has 0 bridgehead atoms. The van der Waals surface area contributed by atoms with E-state index in [9.17, 15) is 0 Å². The topological polar surface area (TPSA) is 12.4 Å². The Kier molecular flexibility index (Phi) is 3.40. The molecule has 0 spiro atoms. The molecule has 1 heteroatoms. The SMILES string of the molecule is C1CCCCCC2N=C2CCCC1. The molecule has 13 heavy (non-hydrogen) atoms. The van der Waals surface area contributed by atoms with Gasteiger partial charge in [-0.3, -0.25) is 4.99 Å². The summed E-state index contributed by atoms with van der Waals surface area (Å²) in [5, 5.41) is 0. The van der Waals surface area contributed by atoms with Crippen LogP contribution in [-0.4, -0.2) is 11.8 Å². The summed E-state index contributed by atoms with van der Waals surface area (Å²) in [5.74, 6) is 0. The van der Waals surface area contributed by atoms with Gasteiger partial charge in [0.15, 0.2) is 0 Å².